The number of halogens is 3. The first-order valence-electron chi connectivity index (χ1n) is 8.04. The highest BCUT2D eigenvalue weighted by atomic mass is 79.9. The van der Waals surface area contributed by atoms with Crippen molar-refractivity contribution in [2.75, 3.05) is 5.32 Å². The van der Waals surface area contributed by atoms with E-state index in [9.17, 15) is 18.4 Å². The molecule has 0 unspecified atom stereocenters. The van der Waals surface area contributed by atoms with E-state index in [-0.39, 0.29) is 5.95 Å². The van der Waals surface area contributed by atoms with E-state index in [2.05, 4.69) is 36.3 Å². The molecule has 0 bridgehead atoms. The van der Waals surface area contributed by atoms with E-state index in [1.165, 1.54) is 0 Å². The molecule has 2 aromatic heterocycles. The second kappa shape index (κ2) is 6.76. The lowest BCUT2D eigenvalue weighted by Crippen LogP contribution is -2.31. The Balaban J connectivity index is 1.68. The number of amides is 1. The van der Waals surface area contributed by atoms with Crippen molar-refractivity contribution in [2.24, 2.45) is 0 Å². The van der Waals surface area contributed by atoms with Crippen molar-refractivity contribution in [2.45, 2.75) is 25.1 Å². The first-order valence-corrected chi connectivity index (χ1v) is 8.83. The van der Waals surface area contributed by atoms with Crippen molar-refractivity contribution in [3.63, 3.8) is 0 Å². The van der Waals surface area contributed by atoms with Crippen molar-refractivity contribution in [3.8, 4) is 0 Å². The van der Waals surface area contributed by atoms with Gasteiger partial charge in [0, 0.05) is 15.8 Å². The largest absolute Gasteiger partial charge is 0.293 e. The average molecular weight is 436 g/mol. The normalized spacial score (nSPS) is 18.5. The number of nitrogens with zero attached hydrogens (tertiary/aromatic N) is 4. The molecule has 0 aliphatic heterocycles. The van der Waals surface area contributed by atoms with Gasteiger partial charge in [-0.25, -0.2) is 23.4 Å². The molecule has 1 aliphatic rings. The highest BCUT2D eigenvalue weighted by Crippen LogP contribution is 2.44. The predicted molar refractivity (Wildman–Crippen MR) is 96.6 cm³/mol. The smallest absolute Gasteiger partial charge is 0.275 e. The molecule has 7 nitrogen and oxygen atoms in total. The van der Waals surface area contributed by atoms with E-state index >= 15 is 0 Å². The number of rotatable bonds is 4. The number of benzene rings is 1. The van der Waals surface area contributed by atoms with Crippen LogP contribution in [0, 0.1) is 5.82 Å². The zero-order chi connectivity index (χ0) is 19.1. The molecule has 1 aromatic carbocycles. The Kier molecular flexibility index (Phi) is 4.42. The quantitative estimate of drug-likeness (QED) is 0.679. The van der Waals surface area contributed by atoms with Crippen LogP contribution in [-0.4, -0.2) is 31.8 Å². The van der Waals surface area contributed by atoms with Crippen LogP contribution in [0.15, 0.2) is 39.9 Å². The molecule has 1 aliphatic carbocycles. The van der Waals surface area contributed by atoms with E-state index < -0.39 is 35.9 Å². The molecule has 10 heteroatoms. The third-order valence-electron chi connectivity index (χ3n) is 4.18. The molecule has 0 saturated heterocycles. The van der Waals surface area contributed by atoms with Crippen molar-refractivity contribution in [1.82, 2.24) is 19.7 Å². The highest BCUT2D eigenvalue weighted by molar-refractivity contribution is 9.10. The number of nitrogens with one attached hydrogen (secondary N) is 1. The van der Waals surface area contributed by atoms with Crippen LogP contribution in [-0.2, 0) is 11.3 Å². The number of hydrogen-bond donors (Lipinski definition) is 1. The van der Waals surface area contributed by atoms with Crippen molar-refractivity contribution in [3.05, 3.63) is 56.9 Å². The maximum atomic E-state index is 13.6. The predicted octanol–water partition coefficient (Wildman–Crippen LogP) is 2.55. The summed E-state index contributed by atoms with van der Waals surface area (Å²) in [4.78, 5) is 32.1. The van der Waals surface area contributed by atoms with E-state index in [0.717, 1.165) is 21.5 Å². The van der Waals surface area contributed by atoms with Crippen LogP contribution in [0.25, 0.3) is 10.8 Å². The molecule has 138 valence electrons. The van der Waals surface area contributed by atoms with Crippen LogP contribution in [0.3, 0.4) is 0 Å². The van der Waals surface area contributed by atoms with Gasteiger partial charge in [0.15, 0.2) is 5.82 Å². The van der Waals surface area contributed by atoms with Gasteiger partial charge in [-0.15, -0.1) is 0 Å². The van der Waals surface area contributed by atoms with Crippen molar-refractivity contribution < 1.29 is 13.6 Å². The monoisotopic (exact) mass is 435 g/mol. The lowest BCUT2D eigenvalue weighted by Gasteiger charge is -2.11. The molecule has 0 spiro atoms. The minimum atomic E-state index is -1.01. The Labute approximate surface area is 159 Å². The standard InChI is InChI=1S/C17H12BrF2N5O2/c18-8-1-2-10-11(3-8)15(12-4-13(12)20)24-25(16(10)27)7-14(26)23-17-21-5-9(19)6-22-17/h1-3,5-6,12-13H,4,7H2,(H,21,22,23,26)/t12-,13-/m1/s1. The summed E-state index contributed by atoms with van der Waals surface area (Å²) < 4.78 is 28.2. The molecule has 27 heavy (non-hydrogen) atoms. The van der Waals surface area contributed by atoms with Gasteiger partial charge in [0.25, 0.3) is 5.56 Å². The second-order valence-electron chi connectivity index (χ2n) is 6.17. The Bertz CT molecular complexity index is 1100. The summed E-state index contributed by atoms with van der Waals surface area (Å²) >= 11 is 3.34. The minimum absolute atomic E-state index is 0.0922. The minimum Gasteiger partial charge on any atom is -0.293 e. The van der Waals surface area contributed by atoms with Crippen LogP contribution in [0.2, 0.25) is 0 Å². The van der Waals surface area contributed by atoms with Gasteiger partial charge in [-0.3, -0.25) is 14.9 Å². The Morgan fingerprint density at radius 3 is 2.67 bits per heavy atom. The van der Waals surface area contributed by atoms with Gasteiger partial charge in [0.1, 0.15) is 12.7 Å². The maximum absolute atomic E-state index is 13.6. The zero-order valence-corrected chi connectivity index (χ0v) is 15.3. The van der Waals surface area contributed by atoms with Crippen LogP contribution >= 0.6 is 15.9 Å². The van der Waals surface area contributed by atoms with Gasteiger partial charge in [-0.2, -0.15) is 5.10 Å². The molecular formula is C17H12BrF2N5O2. The fraction of sp³-hybridized carbons (Fsp3) is 0.235. The molecule has 1 fully saturated rings. The van der Waals surface area contributed by atoms with E-state index in [4.69, 9.17) is 0 Å². The molecule has 2 heterocycles. The molecule has 3 aromatic rings. The van der Waals surface area contributed by atoms with Gasteiger partial charge in [0.05, 0.1) is 23.5 Å². The summed E-state index contributed by atoms with van der Waals surface area (Å²) in [7, 11) is 0. The second-order valence-corrected chi connectivity index (χ2v) is 7.08. The molecule has 1 N–H and O–H groups in total. The van der Waals surface area contributed by atoms with Gasteiger partial charge in [-0.1, -0.05) is 15.9 Å². The summed E-state index contributed by atoms with van der Waals surface area (Å²) in [6.07, 6.45) is 1.15. The Morgan fingerprint density at radius 1 is 1.30 bits per heavy atom. The van der Waals surface area contributed by atoms with Gasteiger partial charge in [-0.05, 0) is 24.6 Å². The third kappa shape index (κ3) is 3.57. The molecule has 0 radical (unpaired) electrons. The van der Waals surface area contributed by atoms with Gasteiger partial charge in [0.2, 0.25) is 11.9 Å². The van der Waals surface area contributed by atoms with E-state index in [1.54, 1.807) is 18.2 Å². The lowest BCUT2D eigenvalue weighted by atomic mass is 10.1. The summed E-state index contributed by atoms with van der Waals surface area (Å²) in [6.45, 7) is -0.401. The van der Waals surface area contributed by atoms with E-state index in [0.29, 0.717) is 22.9 Å². The van der Waals surface area contributed by atoms with Crippen molar-refractivity contribution >= 4 is 38.6 Å². The SMILES string of the molecule is O=C(Cn1nc([C@@H]2C[C@H]2F)c2cc(Br)ccc2c1=O)Nc1ncc(F)cn1. The summed E-state index contributed by atoms with van der Waals surface area (Å²) in [5, 5.41) is 7.52. The topological polar surface area (TPSA) is 89.8 Å². The van der Waals surface area contributed by atoms with E-state index in [1.807, 2.05) is 0 Å². The molecule has 2 atom stereocenters. The zero-order valence-electron chi connectivity index (χ0n) is 13.7. The first-order chi connectivity index (χ1) is 12.9. The summed E-state index contributed by atoms with van der Waals surface area (Å²) in [5.41, 5.74) is -0.0169. The number of carbonyl (C=O) groups is 1. The Hall–Kier alpha value is -2.75. The van der Waals surface area contributed by atoms with Crippen LogP contribution in [0.1, 0.15) is 18.0 Å². The van der Waals surface area contributed by atoms with Gasteiger partial charge >= 0.3 is 0 Å². The van der Waals surface area contributed by atoms with Gasteiger partial charge < -0.3 is 0 Å². The summed E-state index contributed by atoms with van der Waals surface area (Å²) in [5.74, 6) is -1.73. The number of alkyl halides is 1. The third-order valence-corrected chi connectivity index (χ3v) is 4.67. The highest BCUT2D eigenvalue weighted by Gasteiger charge is 2.41. The number of anilines is 1. The van der Waals surface area contributed by atoms with Crippen LogP contribution in [0.5, 0.6) is 0 Å². The number of hydrogen-bond acceptors (Lipinski definition) is 5. The van der Waals surface area contributed by atoms with Crippen molar-refractivity contribution in [1.29, 1.82) is 0 Å². The molecule has 4 rings (SSSR count). The fourth-order valence-corrected chi connectivity index (χ4v) is 3.15. The lowest BCUT2D eigenvalue weighted by molar-refractivity contribution is -0.117. The van der Waals surface area contributed by atoms with Crippen LogP contribution < -0.4 is 10.9 Å². The number of aromatic nitrogens is 4. The summed E-state index contributed by atoms with van der Waals surface area (Å²) in [6, 6.07) is 5.03. The first kappa shape index (κ1) is 17.7. The maximum Gasteiger partial charge on any atom is 0.275 e. The Morgan fingerprint density at radius 2 is 2.00 bits per heavy atom. The molecule has 1 amide bonds. The number of fused-ring (bicyclic) bond motifs is 1. The molecular weight excluding hydrogens is 424 g/mol. The average Bonchev–Trinajstić information content (AvgIpc) is 3.35. The number of carbonyl (C=O) groups excluding carboxylic acids is 1. The van der Waals surface area contributed by atoms with Crippen LogP contribution in [0.4, 0.5) is 14.7 Å². The fourth-order valence-electron chi connectivity index (χ4n) is 2.79. The molecule has 1 saturated carbocycles.